The van der Waals surface area contributed by atoms with Crippen molar-refractivity contribution in [1.82, 2.24) is 0 Å². The van der Waals surface area contributed by atoms with Crippen molar-refractivity contribution in [2.45, 2.75) is 63.4 Å². The fourth-order valence-corrected chi connectivity index (χ4v) is 5.61. The summed E-state index contributed by atoms with van der Waals surface area (Å²) in [5.74, 6) is -1.11. The van der Waals surface area contributed by atoms with Crippen molar-refractivity contribution in [2.75, 3.05) is 0 Å². The number of aliphatic imine (C=N–C) groups is 1. The van der Waals surface area contributed by atoms with Crippen LogP contribution in [-0.4, -0.2) is 28.7 Å². The van der Waals surface area contributed by atoms with Gasteiger partial charge in [-0.3, -0.25) is 14.6 Å². The van der Waals surface area contributed by atoms with Gasteiger partial charge in [-0.25, -0.2) is 0 Å². The number of rotatable bonds is 4. The SMILES string of the molecule is CC1=NC2=C(C(=O)C[C@@H](c3ccccc3)C2)[C@@H](c2ccc(O)cc2)C1C(=O)OC1CCCC1. The second kappa shape index (κ2) is 8.97. The number of Topliss-reactive ketones (excluding diaryl/α,β-unsaturated/α-hetero) is 1. The van der Waals surface area contributed by atoms with Gasteiger partial charge in [0, 0.05) is 29.3 Å². The minimum Gasteiger partial charge on any atom is -0.508 e. The molecule has 2 aromatic carbocycles. The molecule has 1 unspecified atom stereocenters. The van der Waals surface area contributed by atoms with Crippen LogP contribution in [0.25, 0.3) is 0 Å². The first kappa shape index (κ1) is 21.6. The van der Waals surface area contributed by atoms with E-state index < -0.39 is 11.8 Å². The minimum atomic E-state index is -0.633. The Morgan fingerprint density at radius 3 is 2.36 bits per heavy atom. The van der Waals surface area contributed by atoms with Gasteiger partial charge in [-0.05, 0) is 68.2 Å². The predicted molar refractivity (Wildman–Crippen MR) is 126 cm³/mol. The largest absolute Gasteiger partial charge is 0.508 e. The molecule has 1 N–H and O–H groups in total. The molecule has 0 bridgehead atoms. The first-order valence-electron chi connectivity index (χ1n) is 11.9. The third-order valence-corrected chi connectivity index (χ3v) is 7.25. The second-order valence-electron chi connectivity index (χ2n) is 9.44. The zero-order valence-corrected chi connectivity index (χ0v) is 18.9. The van der Waals surface area contributed by atoms with E-state index in [1.807, 2.05) is 25.1 Å². The van der Waals surface area contributed by atoms with Gasteiger partial charge in [-0.15, -0.1) is 0 Å². The van der Waals surface area contributed by atoms with Crippen molar-refractivity contribution in [2.24, 2.45) is 10.9 Å². The molecule has 1 fully saturated rings. The van der Waals surface area contributed by atoms with E-state index >= 15 is 0 Å². The van der Waals surface area contributed by atoms with Crippen LogP contribution >= 0.6 is 0 Å². The number of hydrogen-bond acceptors (Lipinski definition) is 5. The molecule has 0 aromatic heterocycles. The van der Waals surface area contributed by atoms with Gasteiger partial charge in [-0.2, -0.15) is 0 Å². The van der Waals surface area contributed by atoms with Crippen molar-refractivity contribution < 1.29 is 19.4 Å². The first-order valence-corrected chi connectivity index (χ1v) is 11.9. The van der Waals surface area contributed by atoms with Crippen LogP contribution in [0.2, 0.25) is 0 Å². The number of allylic oxidation sites excluding steroid dienone is 2. The fraction of sp³-hybridized carbons (Fsp3) is 0.393. The number of phenolic OH excluding ortho intramolecular Hbond substituents is 1. The molecule has 0 saturated heterocycles. The van der Waals surface area contributed by atoms with E-state index in [0.29, 0.717) is 24.1 Å². The normalized spacial score (nSPS) is 25.5. The lowest BCUT2D eigenvalue weighted by molar-refractivity contribution is -0.151. The average Bonchev–Trinajstić information content (AvgIpc) is 3.32. The molecule has 0 spiro atoms. The van der Waals surface area contributed by atoms with Gasteiger partial charge in [0.2, 0.25) is 0 Å². The van der Waals surface area contributed by atoms with E-state index in [1.165, 1.54) is 0 Å². The lowest BCUT2D eigenvalue weighted by atomic mass is 9.69. The number of hydrogen-bond donors (Lipinski definition) is 1. The summed E-state index contributed by atoms with van der Waals surface area (Å²) in [5.41, 5.74) is 4.06. The Balaban J connectivity index is 1.54. The Hall–Kier alpha value is -3.21. The highest BCUT2D eigenvalue weighted by molar-refractivity contribution is 6.09. The summed E-state index contributed by atoms with van der Waals surface area (Å²) in [4.78, 5) is 31.8. The van der Waals surface area contributed by atoms with E-state index in [2.05, 4.69) is 12.1 Å². The lowest BCUT2D eigenvalue weighted by Gasteiger charge is -2.37. The van der Waals surface area contributed by atoms with Gasteiger partial charge >= 0.3 is 5.97 Å². The number of esters is 1. The Kier molecular flexibility index (Phi) is 5.88. The van der Waals surface area contributed by atoms with Gasteiger partial charge in [0.25, 0.3) is 0 Å². The van der Waals surface area contributed by atoms with Crippen molar-refractivity contribution in [3.63, 3.8) is 0 Å². The highest BCUT2D eigenvalue weighted by Gasteiger charge is 2.45. The summed E-state index contributed by atoms with van der Waals surface area (Å²) in [6.45, 7) is 1.87. The molecule has 33 heavy (non-hydrogen) atoms. The van der Waals surface area contributed by atoms with Crippen LogP contribution in [0.1, 0.15) is 68.4 Å². The van der Waals surface area contributed by atoms with Crippen LogP contribution < -0.4 is 0 Å². The third kappa shape index (κ3) is 4.24. The van der Waals surface area contributed by atoms with Crippen molar-refractivity contribution in [3.8, 4) is 5.75 Å². The van der Waals surface area contributed by atoms with E-state index in [4.69, 9.17) is 9.73 Å². The minimum absolute atomic E-state index is 0.0399. The zero-order chi connectivity index (χ0) is 22.9. The van der Waals surface area contributed by atoms with Crippen molar-refractivity contribution in [1.29, 1.82) is 0 Å². The van der Waals surface area contributed by atoms with Crippen molar-refractivity contribution >= 4 is 17.5 Å². The summed E-state index contributed by atoms with van der Waals surface area (Å²) in [5, 5.41) is 9.82. The van der Waals surface area contributed by atoms with Crippen LogP contribution in [0.4, 0.5) is 0 Å². The molecule has 5 heteroatoms. The summed E-state index contributed by atoms with van der Waals surface area (Å²) in [6, 6.07) is 16.9. The number of ketones is 1. The molecule has 5 nitrogen and oxygen atoms in total. The maximum absolute atomic E-state index is 13.6. The Morgan fingerprint density at radius 1 is 0.970 bits per heavy atom. The number of carbonyl (C=O) groups excluding carboxylic acids is 2. The van der Waals surface area contributed by atoms with Gasteiger partial charge in [-0.1, -0.05) is 42.5 Å². The molecule has 2 aliphatic carbocycles. The maximum Gasteiger partial charge on any atom is 0.315 e. The van der Waals surface area contributed by atoms with E-state index in [0.717, 1.165) is 42.5 Å². The molecule has 2 aromatic rings. The van der Waals surface area contributed by atoms with E-state index in [1.54, 1.807) is 24.3 Å². The highest BCUT2D eigenvalue weighted by Crippen LogP contribution is 2.47. The smallest absolute Gasteiger partial charge is 0.315 e. The van der Waals surface area contributed by atoms with E-state index in [9.17, 15) is 14.7 Å². The van der Waals surface area contributed by atoms with Crippen LogP contribution in [0.5, 0.6) is 5.75 Å². The molecule has 1 aliphatic heterocycles. The molecule has 1 saturated carbocycles. The molecular weight excluding hydrogens is 414 g/mol. The topological polar surface area (TPSA) is 76.0 Å². The second-order valence-corrected chi connectivity index (χ2v) is 9.44. The van der Waals surface area contributed by atoms with Crippen LogP contribution in [0, 0.1) is 5.92 Å². The Morgan fingerprint density at radius 2 is 1.67 bits per heavy atom. The average molecular weight is 444 g/mol. The highest BCUT2D eigenvalue weighted by atomic mass is 16.5. The van der Waals surface area contributed by atoms with Gasteiger partial charge in [0.15, 0.2) is 5.78 Å². The lowest BCUT2D eigenvalue weighted by Crippen LogP contribution is -2.39. The summed E-state index contributed by atoms with van der Waals surface area (Å²) >= 11 is 0. The number of carbonyl (C=O) groups is 2. The molecule has 1 heterocycles. The fourth-order valence-electron chi connectivity index (χ4n) is 5.61. The molecule has 5 rings (SSSR count). The van der Waals surface area contributed by atoms with Gasteiger partial charge < -0.3 is 9.84 Å². The van der Waals surface area contributed by atoms with Crippen molar-refractivity contribution in [3.05, 3.63) is 77.0 Å². The van der Waals surface area contributed by atoms with Crippen LogP contribution in [-0.2, 0) is 14.3 Å². The Bertz CT molecular complexity index is 1110. The Labute approximate surface area is 194 Å². The molecule has 170 valence electrons. The zero-order valence-electron chi connectivity index (χ0n) is 18.9. The molecule has 3 aliphatic rings. The van der Waals surface area contributed by atoms with Gasteiger partial charge in [0.05, 0.1) is 0 Å². The molecular formula is C28H29NO4. The maximum atomic E-state index is 13.6. The summed E-state index contributed by atoms with van der Waals surface area (Å²) < 4.78 is 5.90. The number of phenols is 1. The van der Waals surface area contributed by atoms with Gasteiger partial charge in [0.1, 0.15) is 17.8 Å². The quantitative estimate of drug-likeness (QED) is 0.637. The summed E-state index contributed by atoms with van der Waals surface area (Å²) in [6.07, 6.45) is 4.95. The monoisotopic (exact) mass is 443 g/mol. The predicted octanol–water partition coefficient (Wildman–Crippen LogP) is 5.45. The number of aromatic hydroxyl groups is 1. The number of benzene rings is 2. The first-order chi connectivity index (χ1) is 16.0. The standard InChI is InChI=1S/C28H29NO4/c1-17-25(28(32)33-22-9-5-6-10-22)26(19-11-13-21(30)14-12-19)27-23(29-17)15-20(16-24(27)31)18-7-3-2-4-8-18/h2-4,7-8,11-14,20,22,25-26,30H,5-6,9-10,15-16H2,1H3/t20-,25?,26-/m0/s1. The summed E-state index contributed by atoms with van der Waals surface area (Å²) in [7, 11) is 0. The molecule has 0 amide bonds. The third-order valence-electron chi connectivity index (χ3n) is 7.25. The van der Waals surface area contributed by atoms with Crippen LogP contribution in [0.15, 0.2) is 70.9 Å². The van der Waals surface area contributed by atoms with E-state index in [-0.39, 0.29) is 29.5 Å². The number of nitrogens with zero attached hydrogens (tertiary/aromatic N) is 1. The molecule has 3 atom stereocenters. The van der Waals surface area contributed by atoms with Crippen LogP contribution in [0.3, 0.4) is 0 Å². The molecule has 0 radical (unpaired) electrons. The number of ether oxygens (including phenoxy) is 1.